The highest BCUT2D eigenvalue weighted by molar-refractivity contribution is 7.09. The molecular formula is C14H26N2OS. The summed E-state index contributed by atoms with van der Waals surface area (Å²) in [5.41, 5.74) is 7.17. The van der Waals surface area contributed by atoms with E-state index in [2.05, 4.69) is 31.1 Å². The van der Waals surface area contributed by atoms with Crippen molar-refractivity contribution in [3.63, 3.8) is 0 Å². The van der Waals surface area contributed by atoms with E-state index in [9.17, 15) is 0 Å². The zero-order valence-corrected chi connectivity index (χ0v) is 13.2. The first-order valence-corrected chi connectivity index (χ1v) is 7.39. The van der Waals surface area contributed by atoms with Gasteiger partial charge >= 0.3 is 0 Å². The molecule has 18 heavy (non-hydrogen) atoms. The minimum absolute atomic E-state index is 0.0311. The van der Waals surface area contributed by atoms with Gasteiger partial charge in [0.1, 0.15) is 0 Å². The normalized spacial score (nSPS) is 14.8. The summed E-state index contributed by atoms with van der Waals surface area (Å²) in [5.74, 6) is 0. The fourth-order valence-electron chi connectivity index (χ4n) is 1.66. The predicted molar refractivity (Wildman–Crippen MR) is 78.2 cm³/mol. The summed E-state index contributed by atoms with van der Waals surface area (Å²) < 4.78 is 5.69. The van der Waals surface area contributed by atoms with Gasteiger partial charge in [-0.15, -0.1) is 11.3 Å². The van der Waals surface area contributed by atoms with E-state index in [0.29, 0.717) is 6.61 Å². The molecular weight excluding hydrogens is 244 g/mol. The Balaban J connectivity index is 2.71. The van der Waals surface area contributed by atoms with Crippen LogP contribution in [0, 0.1) is 0 Å². The summed E-state index contributed by atoms with van der Waals surface area (Å²) in [5, 5.41) is 3.23. The Kier molecular flexibility index (Phi) is 4.92. The van der Waals surface area contributed by atoms with E-state index in [4.69, 9.17) is 10.5 Å². The smallest absolute Gasteiger partial charge is 0.0945 e. The molecule has 0 aliphatic rings. The lowest BCUT2D eigenvalue weighted by Gasteiger charge is -2.30. The number of ether oxygens (including phenoxy) is 1. The maximum Gasteiger partial charge on any atom is 0.0945 e. The third-order valence-corrected chi connectivity index (χ3v) is 4.00. The summed E-state index contributed by atoms with van der Waals surface area (Å²) >= 11 is 1.69. The lowest BCUT2D eigenvalue weighted by molar-refractivity contribution is -0.0288. The predicted octanol–water partition coefficient (Wildman–Crippen LogP) is 3.13. The molecule has 0 amide bonds. The molecule has 2 N–H and O–H groups in total. The number of rotatable bonds is 5. The Labute approximate surface area is 115 Å². The lowest BCUT2D eigenvalue weighted by Crippen LogP contribution is -2.46. The molecule has 1 unspecified atom stereocenters. The largest absolute Gasteiger partial charge is 0.374 e. The molecule has 0 bridgehead atoms. The van der Waals surface area contributed by atoms with Gasteiger partial charge in [0.2, 0.25) is 0 Å². The van der Waals surface area contributed by atoms with Crippen LogP contribution >= 0.6 is 11.3 Å². The van der Waals surface area contributed by atoms with Crippen molar-refractivity contribution in [1.82, 2.24) is 4.98 Å². The average Bonchev–Trinajstić information content (AvgIpc) is 2.65. The molecule has 0 fully saturated rings. The van der Waals surface area contributed by atoms with Crippen molar-refractivity contribution in [3.8, 4) is 0 Å². The summed E-state index contributed by atoms with van der Waals surface area (Å²) in [6, 6.07) is -0.0311. The molecule has 1 aromatic heterocycles. The van der Waals surface area contributed by atoms with Crippen molar-refractivity contribution in [2.75, 3.05) is 6.61 Å². The van der Waals surface area contributed by atoms with Gasteiger partial charge in [-0.2, -0.15) is 0 Å². The number of thiazole rings is 1. The fourth-order valence-corrected chi connectivity index (χ4v) is 2.74. The van der Waals surface area contributed by atoms with Crippen LogP contribution < -0.4 is 5.73 Å². The van der Waals surface area contributed by atoms with Crippen LogP contribution in [0.5, 0.6) is 0 Å². The topological polar surface area (TPSA) is 48.1 Å². The van der Waals surface area contributed by atoms with E-state index >= 15 is 0 Å². The van der Waals surface area contributed by atoms with Crippen molar-refractivity contribution in [2.45, 2.75) is 65.0 Å². The molecule has 0 aromatic carbocycles. The van der Waals surface area contributed by atoms with Gasteiger partial charge in [-0.05, 0) is 20.8 Å². The third-order valence-electron chi connectivity index (χ3n) is 3.12. The summed E-state index contributed by atoms with van der Waals surface area (Å²) in [6.45, 7) is 13.3. The van der Waals surface area contributed by atoms with Crippen molar-refractivity contribution in [3.05, 3.63) is 16.1 Å². The Bertz CT molecular complexity index is 379. The molecule has 1 rings (SSSR count). The number of nitrogens with two attached hydrogens (primary N) is 1. The van der Waals surface area contributed by atoms with Gasteiger partial charge in [0.25, 0.3) is 0 Å². The first-order chi connectivity index (χ1) is 8.16. The van der Waals surface area contributed by atoms with Crippen LogP contribution in [0.3, 0.4) is 0 Å². The maximum absolute atomic E-state index is 6.23. The zero-order chi connectivity index (χ0) is 14.0. The van der Waals surface area contributed by atoms with Crippen LogP contribution in [-0.4, -0.2) is 23.2 Å². The van der Waals surface area contributed by atoms with Crippen molar-refractivity contribution in [2.24, 2.45) is 5.73 Å². The molecule has 1 atom stereocenters. The molecule has 1 heterocycles. The van der Waals surface area contributed by atoms with Crippen LogP contribution in [0.4, 0.5) is 0 Å². The van der Waals surface area contributed by atoms with E-state index in [1.807, 2.05) is 20.8 Å². The first-order valence-electron chi connectivity index (χ1n) is 6.51. The Morgan fingerprint density at radius 3 is 2.39 bits per heavy atom. The average molecular weight is 270 g/mol. The fraction of sp³-hybridized carbons (Fsp3) is 0.786. The van der Waals surface area contributed by atoms with Gasteiger partial charge < -0.3 is 10.5 Å². The van der Waals surface area contributed by atoms with Gasteiger partial charge in [0.15, 0.2) is 0 Å². The Hall–Kier alpha value is -0.450. The Morgan fingerprint density at radius 1 is 1.33 bits per heavy atom. The maximum atomic E-state index is 6.23. The molecule has 104 valence electrons. The van der Waals surface area contributed by atoms with Crippen molar-refractivity contribution < 1.29 is 4.74 Å². The van der Waals surface area contributed by atoms with Crippen molar-refractivity contribution in [1.29, 1.82) is 0 Å². The molecule has 3 nitrogen and oxygen atoms in total. The van der Waals surface area contributed by atoms with Crippen LogP contribution in [0.25, 0.3) is 0 Å². The van der Waals surface area contributed by atoms with Crippen LogP contribution in [-0.2, 0) is 16.6 Å². The summed E-state index contributed by atoms with van der Waals surface area (Å²) in [6.07, 6.45) is 0.772. The summed E-state index contributed by atoms with van der Waals surface area (Å²) in [4.78, 5) is 4.68. The minimum Gasteiger partial charge on any atom is -0.374 e. The third kappa shape index (κ3) is 4.04. The SMILES string of the molecule is CCOC(C)(C)C(N)Cc1nc(C(C)(C)C)cs1. The van der Waals surface area contributed by atoms with Crippen LogP contribution in [0.1, 0.15) is 52.2 Å². The molecule has 1 aromatic rings. The van der Waals surface area contributed by atoms with Crippen molar-refractivity contribution >= 4 is 11.3 Å². The second kappa shape index (κ2) is 5.68. The second-order valence-corrected chi connectivity index (χ2v) is 7.17. The number of aromatic nitrogens is 1. The molecule has 0 spiro atoms. The monoisotopic (exact) mass is 270 g/mol. The summed E-state index contributed by atoms with van der Waals surface area (Å²) in [7, 11) is 0. The first kappa shape index (κ1) is 15.6. The minimum atomic E-state index is -0.303. The Morgan fingerprint density at radius 2 is 1.94 bits per heavy atom. The zero-order valence-electron chi connectivity index (χ0n) is 12.4. The molecule has 4 heteroatoms. The highest BCUT2D eigenvalue weighted by Crippen LogP contribution is 2.25. The van der Waals surface area contributed by atoms with Crippen LogP contribution in [0.15, 0.2) is 5.38 Å². The number of hydrogen-bond acceptors (Lipinski definition) is 4. The lowest BCUT2D eigenvalue weighted by atomic mass is 9.93. The quantitative estimate of drug-likeness (QED) is 0.894. The molecule has 0 radical (unpaired) electrons. The highest BCUT2D eigenvalue weighted by atomic mass is 32.1. The van der Waals surface area contributed by atoms with Gasteiger partial charge in [-0.25, -0.2) is 4.98 Å². The van der Waals surface area contributed by atoms with E-state index < -0.39 is 0 Å². The standard InChI is InChI=1S/C14H26N2OS/c1-7-17-14(5,6)10(15)8-12-16-11(9-18-12)13(2,3)4/h9-10H,7-8,15H2,1-6H3. The highest BCUT2D eigenvalue weighted by Gasteiger charge is 2.28. The number of hydrogen-bond donors (Lipinski definition) is 1. The van der Waals surface area contributed by atoms with E-state index in [-0.39, 0.29) is 17.1 Å². The van der Waals surface area contributed by atoms with Gasteiger partial charge in [0, 0.05) is 29.9 Å². The van der Waals surface area contributed by atoms with E-state index in [1.165, 1.54) is 0 Å². The van der Waals surface area contributed by atoms with E-state index in [0.717, 1.165) is 17.1 Å². The number of nitrogens with zero attached hydrogens (tertiary/aromatic N) is 1. The second-order valence-electron chi connectivity index (χ2n) is 6.22. The molecule has 0 aliphatic heterocycles. The molecule has 0 saturated carbocycles. The van der Waals surface area contributed by atoms with Crippen LogP contribution in [0.2, 0.25) is 0 Å². The van der Waals surface area contributed by atoms with E-state index in [1.54, 1.807) is 11.3 Å². The molecule has 0 aliphatic carbocycles. The van der Waals surface area contributed by atoms with Gasteiger partial charge in [-0.1, -0.05) is 20.8 Å². The van der Waals surface area contributed by atoms with Gasteiger partial charge in [-0.3, -0.25) is 0 Å². The molecule has 0 saturated heterocycles. The van der Waals surface area contributed by atoms with Gasteiger partial charge in [0.05, 0.1) is 16.3 Å².